The topological polar surface area (TPSA) is 78.7 Å². The molecular formula is C29H26FN7O. The van der Waals surface area contributed by atoms with Crippen LogP contribution in [-0.2, 0) is 6.54 Å². The number of amides is 1. The number of nitrogens with zero attached hydrogens (tertiary/aromatic N) is 6. The van der Waals surface area contributed by atoms with Crippen molar-refractivity contribution in [2.75, 3.05) is 17.3 Å². The Labute approximate surface area is 219 Å². The van der Waals surface area contributed by atoms with Gasteiger partial charge in [-0.05, 0) is 43.0 Å². The van der Waals surface area contributed by atoms with Crippen molar-refractivity contribution in [3.05, 3.63) is 89.9 Å². The molecule has 1 saturated carbocycles. The minimum atomic E-state index is -0.316. The average Bonchev–Trinajstić information content (AvgIpc) is 3.62. The highest BCUT2D eigenvalue weighted by atomic mass is 19.1. The number of carbonyl (C=O) groups excluding carboxylic acids is 1. The van der Waals surface area contributed by atoms with Crippen LogP contribution in [0.4, 0.5) is 21.7 Å². The van der Waals surface area contributed by atoms with Gasteiger partial charge in [0.25, 0.3) is 5.91 Å². The molecule has 1 aliphatic carbocycles. The van der Waals surface area contributed by atoms with E-state index in [4.69, 9.17) is 10.1 Å². The van der Waals surface area contributed by atoms with Crippen LogP contribution in [0.5, 0.6) is 0 Å². The third kappa shape index (κ3) is 3.65. The predicted octanol–water partition coefficient (Wildman–Crippen LogP) is 5.06. The summed E-state index contributed by atoms with van der Waals surface area (Å²) in [5, 5.41) is 8.31. The van der Waals surface area contributed by atoms with Crippen molar-refractivity contribution < 1.29 is 9.18 Å². The molecule has 1 unspecified atom stereocenters. The summed E-state index contributed by atoms with van der Waals surface area (Å²) in [5.74, 6) is 1.59. The summed E-state index contributed by atoms with van der Waals surface area (Å²) >= 11 is 0. The summed E-state index contributed by atoms with van der Waals surface area (Å²) in [6.45, 7) is 0.466. The quantitative estimate of drug-likeness (QED) is 0.409. The van der Waals surface area contributed by atoms with Crippen LogP contribution in [0.25, 0.3) is 11.3 Å². The molecule has 2 atom stereocenters. The van der Waals surface area contributed by atoms with Gasteiger partial charge in [-0.3, -0.25) is 19.6 Å². The van der Waals surface area contributed by atoms with Crippen molar-refractivity contribution in [3.63, 3.8) is 0 Å². The van der Waals surface area contributed by atoms with Gasteiger partial charge in [0, 0.05) is 30.6 Å². The summed E-state index contributed by atoms with van der Waals surface area (Å²) < 4.78 is 15.6. The number of hydrogen-bond donors (Lipinski definition) is 1. The number of carbonyl (C=O) groups is 1. The highest BCUT2D eigenvalue weighted by molar-refractivity contribution is 6.21. The molecule has 2 aromatic heterocycles. The van der Waals surface area contributed by atoms with Gasteiger partial charge in [-0.2, -0.15) is 5.10 Å². The molecule has 1 amide bonds. The second kappa shape index (κ2) is 8.79. The number of guanidine groups is 1. The SMILES string of the molecule is CN1C(=O)c2c(Nc3ccccc3)nn(Cc3ccc(-c4cc(F)ccn4)cc3)c2N2C1=NC1CCC[C@@H]12. The molecule has 0 bridgehead atoms. The summed E-state index contributed by atoms with van der Waals surface area (Å²) in [6.07, 6.45) is 4.64. The zero-order chi connectivity index (χ0) is 25.8. The first-order chi connectivity index (χ1) is 18.6. The highest BCUT2D eigenvalue weighted by Crippen LogP contribution is 2.43. The van der Waals surface area contributed by atoms with E-state index in [0.29, 0.717) is 29.6 Å². The first kappa shape index (κ1) is 22.7. The van der Waals surface area contributed by atoms with Crippen LogP contribution in [0.2, 0.25) is 0 Å². The lowest BCUT2D eigenvalue weighted by Crippen LogP contribution is -2.52. The van der Waals surface area contributed by atoms with Crippen LogP contribution in [0.15, 0.2) is 77.9 Å². The maximum Gasteiger partial charge on any atom is 0.267 e. The Morgan fingerprint density at radius 3 is 2.66 bits per heavy atom. The zero-order valence-electron chi connectivity index (χ0n) is 20.9. The fourth-order valence-corrected chi connectivity index (χ4v) is 5.76. The van der Waals surface area contributed by atoms with Crippen molar-refractivity contribution in [1.82, 2.24) is 19.7 Å². The Morgan fingerprint density at radius 2 is 1.87 bits per heavy atom. The van der Waals surface area contributed by atoms with E-state index >= 15 is 0 Å². The number of aliphatic imine (C=N–C) groups is 1. The van der Waals surface area contributed by atoms with Crippen molar-refractivity contribution in [3.8, 4) is 11.3 Å². The predicted molar refractivity (Wildman–Crippen MR) is 144 cm³/mol. The van der Waals surface area contributed by atoms with Gasteiger partial charge in [0.2, 0.25) is 5.96 Å². The normalized spacial score (nSPS) is 19.7. The lowest BCUT2D eigenvalue weighted by molar-refractivity contribution is 0.0865. The third-order valence-corrected chi connectivity index (χ3v) is 7.59. The van der Waals surface area contributed by atoms with Crippen molar-refractivity contribution >= 4 is 29.2 Å². The molecule has 3 aliphatic rings. The largest absolute Gasteiger partial charge is 0.338 e. The Balaban J connectivity index is 1.30. The molecule has 190 valence electrons. The number of nitrogens with one attached hydrogen (secondary N) is 1. The van der Waals surface area contributed by atoms with Crippen LogP contribution in [0, 0.1) is 5.82 Å². The first-order valence-electron chi connectivity index (χ1n) is 12.9. The van der Waals surface area contributed by atoms with E-state index in [2.05, 4.69) is 15.2 Å². The molecule has 0 saturated heterocycles. The van der Waals surface area contributed by atoms with E-state index in [-0.39, 0.29) is 23.8 Å². The second-order valence-corrected chi connectivity index (χ2v) is 9.98. The molecule has 0 radical (unpaired) electrons. The molecule has 4 heterocycles. The smallest absolute Gasteiger partial charge is 0.267 e. The monoisotopic (exact) mass is 507 g/mol. The van der Waals surface area contributed by atoms with E-state index in [1.165, 1.54) is 18.3 Å². The third-order valence-electron chi connectivity index (χ3n) is 7.59. The van der Waals surface area contributed by atoms with Gasteiger partial charge >= 0.3 is 0 Å². The minimum Gasteiger partial charge on any atom is -0.338 e. The van der Waals surface area contributed by atoms with E-state index < -0.39 is 0 Å². The van der Waals surface area contributed by atoms with Crippen LogP contribution in [-0.4, -0.2) is 50.7 Å². The lowest BCUT2D eigenvalue weighted by Gasteiger charge is -2.35. The number of anilines is 3. The number of benzene rings is 2. The summed E-state index contributed by atoms with van der Waals surface area (Å²) in [6, 6.07) is 20.8. The van der Waals surface area contributed by atoms with Crippen LogP contribution in [0.1, 0.15) is 35.2 Å². The Hall–Kier alpha value is -4.53. The van der Waals surface area contributed by atoms with Crippen molar-refractivity contribution in [1.29, 1.82) is 0 Å². The average molecular weight is 508 g/mol. The maximum absolute atomic E-state index is 13.7. The summed E-state index contributed by atoms with van der Waals surface area (Å²) in [5.41, 5.74) is 3.85. The Kier molecular flexibility index (Phi) is 5.24. The van der Waals surface area contributed by atoms with Gasteiger partial charge in [0.15, 0.2) is 5.82 Å². The molecule has 2 aliphatic heterocycles. The number of fused-ring (bicyclic) bond motifs is 5. The van der Waals surface area contributed by atoms with Crippen LogP contribution in [0.3, 0.4) is 0 Å². The zero-order valence-corrected chi connectivity index (χ0v) is 20.9. The van der Waals surface area contributed by atoms with Gasteiger partial charge < -0.3 is 5.32 Å². The van der Waals surface area contributed by atoms with E-state index in [1.807, 2.05) is 59.3 Å². The minimum absolute atomic E-state index is 0.118. The van der Waals surface area contributed by atoms with Crippen molar-refractivity contribution in [2.45, 2.75) is 37.9 Å². The number of rotatable bonds is 5. The van der Waals surface area contributed by atoms with Gasteiger partial charge in [-0.15, -0.1) is 0 Å². The number of pyridine rings is 1. The van der Waals surface area contributed by atoms with E-state index in [9.17, 15) is 9.18 Å². The standard InChI is InChI=1S/C29H26FN7O/c1-35-28(38)25-26(32-21-6-3-2-4-7-21)34-36(27(25)37-24-9-5-8-22(24)33-29(35)37)17-18-10-12-19(13-11-18)23-16-20(30)14-15-31-23/h2-4,6-7,10-16,22,24H,5,8-9,17H2,1H3,(H,32,34)/t22?,24-/m0/s1. The Morgan fingerprint density at radius 1 is 1.05 bits per heavy atom. The van der Waals surface area contributed by atoms with Crippen molar-refractivity contribution in [2.24, 2.45) is 4.99 Å². The second-order valence-electron chi connectivity index (χ2n) is 9.98. The number of aromatic nitrogens is 3. The molecule has 2 aromatic carbocycles. The van der Waals surface area contributed by atoms with Crippen LogP contribution >= 0.6 is 0 Å². The molecule has 7 rings (SSSR count). The van der Waals surface area contributed by atoms with E-state index in [0.717, 1.165) is 41.9 Å². The maximum atomic E-state index is 13.7. The molecule has 8 nitrogen and oxygen atoms in total. The fraction of sp³-hybridized carbons (Fsp3) is 0.241. The molecule has 9 heteroatoms. The van der Waals surface area contributed by atoms with Gasteiger partial charge in [-0.1, -0.05) is 42.5 Å². The summed E-state index contributed by atoms with van der Waals surface area (Å²) in [7, 11) is 1.79. The molecule has 4 aromatic rings. The van der Waals surface area contributed by atoms with E-state index in [1.54, 1.807) is 11.9 Å². The Bertz CT molecular complexity index is 1560. The number of hydrogen-bond acceptors (Lipinski definition) is 6. The van der Waals surface area contributed by atoms with Gasteiger partial charge in [0.1, 0.15) is 17.2 Å². The summed E-state index contributed by atoms with van der Waals surface area (Å²) in [4.78, 5) is 26.8. The highest BCUT2D eigenvalue weighted by Gasteiger charge is 2.49. The fourth-order valence-electron chi connectivity index (χ4n) is 5.76. The first-order valence-corrected chi connectivity index (χ1v) is 12.9. The van der Waals surface area contributed by atoms with Crippen LogP contribution < -0.4 is 10.2 Å². The molecule has 0 spiro atoms. The number of halogens is 1. The molecule has 1 fully saturated rings. The van der Waals surface area contributed by atoms with Gasteiger partial charge in [-0.25, -0.2) is 14.1 Å². The molecular weight excluding hydrogens is 481 g/mol. The lowest BCUT2D eigenvalue weighted by atomic mass is 10.1. The molecule has 1 N–H and O–H groups in total. The molecule has 38 heavy (non-hydrogen) atoms. The number of para-hydroxylation sites is 1. The van der Waals surface area contributed by atoms with Gasteiger partial charge in [0.05, 0.1) is 24.3 Å².